The van der Waals surface area contributed by atoms with Gasteiger partial charge in [-0.1, -0.05) is 132 Å². The molecule has 0 aromatic heterocycles. The van der Waals surface area contributed by atoms with Crippen molar-refractivity contribution in [2.24, 2.45) is 0 Å². The van der Waals surface area contributed by atoms with Crippen LogP contribution in [-0.2, 0) is 44.1 Å². The van der Waals surface area contributed by atoms with E-state index in [1.165, 1.54) is 77.2 Å². The maximum Gasteiger partial charge on any atom is 4.00 e. The van der Waals surface area contributed by atoms with Crippen molar-refractivity contribution in [2.75, 3.05) is 0 Å². The Balaban J connectivity index is 0.00000162. The minimum absolute atomic E-state index is 0. The fraction of sp³-hybridized carbons (Fsp3) is 0.102. The van der Waals surface area contributed by atoms with Gasteiger partial charge in [0.1, 0.15) is 0 Å². The Morgan fingerprint density at radius 1 is 0.420 bits per heavy atom. The normalized spacial score (nSPS) is 11.1. The molecule has 0 aliphatic rings. The van der Waals surface area contributed by atoms with E-state index in [9.17, 15) is 0 Å². The van der Waals surface area contributed by atoms with Gasteiger partial charge in [0.25, 0.3) is 0 Å². The predicted octanol–water partition coefficient (Wildman–Crippen LogP) is 13.1. The molecule has 0 N–H and O–H groups in total. The summed E-state index contributed by atoms with van der Waals surface area (Å²) in [5.41, 5.74) is 12.9. The van der Waals surface area contributed by atoms with E-state index in [0.717, 1.165) is 12.8 Å². The van der Waals surface area contributed by atoms with Crippen molar-refractivity contribution in [3.8, 4) is 22.3 Å². The molecule has 0 saturated heterocycles. The molecule has 0 saturated carbocycles. The van der Waals surface area contributed by atoms with Gasteiger partial charge in [0, 0.05) is 0 Å². The molecule has 8 aromatic rings. The molecule has 0 aliphatic heterocycles. The van der Waals surface area contributed by atoms with E-state index in [1.807, 2.05) is 0 Å². The molecule has 0 bridgehead atoms. The van der Waals surface area contributed by atoms with E-state index in [-0.39, 0.29) is 46.1 Å². The van der Waals surface area contributed by atoms with Crippen LogP contribution in [0.5, 0.6) is 0 Å². The molecule has 0 nitrogen and oxygen atoms in total. The predicted molar refractivity (Wildman–Crippen MR) is 213 cm³/mol. The van der Waals surface area contributed by atoms with E-state index >= 15 is 0 Å². The van der Waals surface area contributed by atoms with Crippen LogP contribution in [0.4, 0.5) is 0 Å². The van der Waals surface area contributed by atoms with Crippen molar-refractivity contribution in [2.45, 2.75) is 32.1 Å². The van der Waals surface area contributed by atoms with Gasteiger partial charge >= 0.3 is 25.8 Å². The molecule has 0 aliphatic carbocycles. The summed E-state index contributed by atoms with van der Waals surface area (Å²) in [6.45, 7) is 4.43. The number of hydrogen-bond donors (Lipinski definition) is 0. The van der Waals surface area contributed by atoms with E-state index in [1.54, 1.807) is 0 Å². The molecule has 244 valence electrons. The summed E-state index contributed by atoms with van der Waals surface area (Å²) in [6, 6.07) is 63.2. The van der Waals surface area contributed by atoms with Gasteiger partial charge < -0.3 is 14.9 Å². The number of rotatable bonds is 8. The first-order chi connectivity index (χ1) is 23.1. The molecular weight excluding hydrogens is 767 g/mol. The number of fused-ring (bicyclic) bond motifs is 2. The van der Waals surface area contributed by atoms with Gasteiger partial charge in [0.05, 0.1) is 0 Å². The van der Waals surface area contributed by atoms with E-state index in [2.05, 4.69) is 184 Å². The second-order valence-corrected chi connectivity index (χ2v) is 13.1. The smallest absolute Gasteiger partial charge is 0.358 e. The van der Waals surface area contributed by atoms with E-state index < -0.39 is 0 Å². The molecule has 0 heterocycles. The minimum Gasteiger partial charge on any atom is -0.358 e. The van der Waals surface area contributed by atoms with Crippen molar-refractivity contribution in [1.82, 2.24) is 0 Å². The molecule has 0 fully saturated rings. The maximum absolute atomic E-state index is 2.50. The van der Waals surface area contributed by atoms with Crippen molar-refractivity contribution < 1.29 is 25.8 Å². The quantitative estimate of drug-likeness (QED) is 0.106. The van der Waals surface area contributed by atoms with Crippen LogP contribution in [0.15, 0.2) is 170 Å². The first kappa shape index (κ1) is 36.7. The van der Waals surface area contributed by atoms with Crippen LogP contribution in [0.2, 0.25) is 0 Å². The third-order valence-electron chi connectivity index (χ3n) is 10.2. The van der Waals surface area contributed by atoms with E-state index in [0.29, 0.717) is 0 Å². The molecular formula is C49H44Hf. The Bertz CT molecular complexity index is 2150. The van der Waals surface area contributed by atoms with Crippen LogP contribution >= 0.6 is 0 Å². The average molecular weight is 811 g/mol. The summed E-state index contributed by atoms with van der Waals surface area (Å²) >= 11 is 0. The fourth-order valence-electron chi connectivity index (χ4n) is 7.77. The molecule has 0 spiro atoms. The zero-order valence-corrected chi connectivity index (χ0v) is 33.2. The van der Waals surface area contributed by atoms with Crippen molar-refractivity contribution >= 4 is 21.5 Å². The van der Waals surface area contributed by atoms with Gasteiger partial charge in [-0.25, -0.2) is 0 Å². The van der Waals surface area contributed by atoms with Crippen molar-refractivity contribution in [3.63, 3.8) is 0 Å². The zero-order chi connectivity index (χ0) is 31.8. The van der Waals surface area contributed by atoms with Gasteiger partial charge in [0.2, 0.25) is 0 Å². The topological polar surface area (TPSA) is 0 Å². The summed E-state index contributed by atoms with van der Waals surface area (Å²) in [5.74, 6) is 0. The van der Waals surface area contributed by atoms with Gasteiger partial charge in [-0.2, -0.15) is 12.1 Å². The van der Waals surface area contributed by atoms with Crippen LogP contribution in [0.1, 0.15) is 33.4 Å². The summed E-state index contributed by atoms with van der Waals surface area (Å²) in [5, 5.41) is 5.23. The number of hydrogen-bond acceptors (Lipinski definition) is 0. The van der Waals surface area contributed by atoms with Crippen LogP contribution in [0.3, 0.4) is 0 Å². The first-order valence-electron chi connectivity index (χ1n) is 16.7. The van der Waals surface area contributed by atoms with Crippen LogP contribution in [0, 0.1) is 28.7 Å². The average Bonchev–Trinajstić information content (AvgIpc) is 3.75. The molecule has 8 rings (SSSR count). The number of aryl methyl sites for hydroxylation is 2. The minimum atomic E-state index is -0.299. The second kappa shape index (κ2) is 15.5. The van der Waals surface area contributed by atoms with Crippen molar-refractivity contribution in [3.05, 3.63) is 218 Å². The molecule has 0 amide bonds. The fourth-order valence-corrected chi connectivity index (χ4v) is 7.77. The second-order valence-electron chi connectivity index (χ2n) is 13.1. The summed E-state index contributed by atoms with van der Waals surface area (Å²) in [7, 11) is 0. The van der Waals surface area contributed by atoms with Gasteiger partial charge in [-0.05, 0) is 65.5 Å². The van der Waals surface area contributed by atoms with Crippen LogP contribution in [0.25, 0.3) is 43.8 Å². The summed E-state index contributed by atoms with van der Waals surface area (Å²) in [6.07, 6.45) is 1.80. The molecule has 0 atom stereocenters. The van der Waals surface area contributed by atoms with Gasteiger partial charge in [-0.15, -0.1) is 69.1 Å². The Morgan fingerprint density at radius 3 is 1.18 bits per heavy atom. The Hall–Kier alpha value is -4.59. The zero-order valence-electron chi connectivity index (χ0n) is 29.6. The largest absolute Gasteiger partial charge is 4.00 e. The van der Waals surface area contributed by atoms with Crippen molar-refractivity contribution in [1.29, 1.82) is 0 Å². The SMILES string of the molecule is Cc1ccccc1-c1cccc2[cH-]c(C(Cc3ccccc3)(Cc3ccccc3)c3cc4c(-c5ccccc5C)cccc4[cH-]3)cc12.[CH3-].[CH3-].[Hf+4]. The van der Waals surface area contributed by atoms with Crippen LogP contribution in [-0.4, -0.2) is 0 Å². The standard InChI is InChI=1S/C47H38.2CH3.Hf/c1-33-15-9-11-23-41(33)43-25-13-21-37-27-39(29-45(37)43)47(31-35-17-5-3-6-18-35,32-36-19-7-4-8-20-36)40-28-38-22-14-26-44(46(38)30-40)42-24-12-10-16-34(42)2;;;/h3-30H,31-32H2,1-2H3;2*1H3;/q-2;2*-1;+4. The number of benzene rings is 6. The molecule has 1 heteroatoms. The van der Waals surface area contributed by atoms with Gasteiger partial charge in [-0.3, -0.25) is 0 Å². The first-order valence-corrected chi connectivity index (χ1v) is 16.7. The Labute approximate surface area is 318 Å². The summed E-state index contributed by atoms with van der Waals surface area (Å²) < 4.78 is 0. The molecule has 0 radical (unpaired) electrons. The molecule has 8 aromatic carbocycles. The monoisotopic (exact) mass is 812 g/mol. The Morgan fingerprint density at radius 2 is 0.780 bits per heavy atom. The maximum atomic E-state index is 2.50. The molecule has 50 heavy (non-hydrogen) atoms. The van der Waals surface area contributed by atoms with Crippen LogP contribution < -0.4 is 0 Å². The summed E-state index contributed by atoms with van der Waals surface area (Å²) in [4.78, 5) is 0. The molecule has 0 unspecified atom stereocenters. The Kier molecular flexibility index (Phi) is 11.4. The van der Waals surface area contributed by atoms with Gasteiger partial charge in [0.15, 0.2) is 0 Å². The van der Waals surface area contributed by atoms with E-state index in [4.69, 9.17) is 0 Å². The third-order valence-corrected chi connectivity index (χ3v) is 10.2. The third kappa shape index (κ3) is 6.77.